The predicted molar refractivity (Wildman–Crippen MR) is 177 cm³/mol. The Hall–Kier alpha value is -5.60. The van der Waals surface area contributed by atoms with E-state index in [0.29, 0.717) is 0 Å². The Morgan fingerprint density at radius 3 is 2.05 bits per heavy atom. The van der Waals surface area contributed by atoms with Crippen molar-refractivity contribution in [2.45, 2.75) is 0 Å². The average molecular weight is 534 g/mol. The lowest BCUT2D eigenvalue weighted by Crippen LogP contribution is -1.94. The number of furan rings is 1. The van der Waals surface area contributed by atoms with Crippen LogP contribution >= 0.6 is 0 Å². The van der Waals surface area contributed by atoms with Gasteiger partial charge in [0, 0.05) is 33.3 Å². The fraction of sp³-hybridized carbons (Fsp3) is 0. The van der Waals surface area contributed by atoms with Gasteiger partial charge in [0.2, 0.25) is 0 Å². The summed E-state index contributed by atoms with van der Waals surface area (Å²) in [7, 11) is 0. The minimum absolute atomic E-state index is 0.913. The summed E-state index contributed by atoms with van der Waals surface area (Å²) in [6.07, 6.45) is 0. The molecule has 0 bridgehead atoms. The molecule has 0 N–H and O–H groups in total. The Morgan fingerprint density at radius 1 is 0.405 bits per heavy atom. The molecule has 0 spiro atoms. The Morgan fingerprint density at radius 2 is 1.14 bits per heavy atom. The third kappa shape index (κ3) is 2.88. The van der Waals surface area contributed by atoms with Crippen molar-refractivity contribution in [2.75, 3.05) is 0 Å². The standard InChI is InChI=1S/C40H23NO/c1-3-13-35-30(11-1)33-22-34-31-12-2-4-14-37(31)42-38(34)23-36(33)41(35)28-10-6-9-27(21-28)29-19-17-26-16-15-24-7-5-8-25-18-20-32(29)40(26)39(24)25/h1-23H. The molecule has 2 heteroatoms. The van der Waals surface area contributed by atoms with Crippen LogP contribution in [0.4, 0.5) is 0 Å². The molecule has 0 atom stereocenters. The summed E-state index contributed by atoms with van der Waals surface area (Å²) in [5.41, 5.74) is 7.78. The molecule has 42 heavy (non-hydrogen) atoms. The van der Waals surface area contributed by atoms with Crippen molar-refractivity contribution in [3.8, 4) is 16.8 Å². The summed E-state index contributed by atoms with van der Waals surface area (Å²) in [6.45, 7) is 0. The second-order valence-electron chi connectivity index (χ2n) is 11.3. The van der Waals surface area contributed by atoms with Gasteiger partial charge in [0.15, 0.2) is 0 Å². The first kappa shape index (κ1) is 22.1. The molecule has 2 nitrogen and oxygen atoms in total. The van der Waals surface area contributed by atoms with Crippen molar-refractivity contribution in [2.24, 2.45) is 0 Å². The second-order valence-corrected chi connectivity index (χ2v) is 11.3. The summed E-state index contributed by atoms with van der Waals surface area (Å²) in [4.78, 5) is 0. The maximum atomic E-state index is 6.33. The van der Waals surface area contributed by atoms with E-state index in [4.69, 9.17) is 4.42 Å². The molecule has 0 unspecified atom stereocenters. The van der Waals surface area contributed by atoms with Gasteiger partial charge in [-0.1, -0.05) is 103 Å². The quantitative estimate of drug-likeness (QED) is 0.202. The summed E-state index contributed by atoms with van der Waals surface area (Å²) in [5.74, 6) is 0. The topological polar surface area (TPSA) is 18.1 Å². The molecular weight excluding hydrogens is 510 g/mol. The van der Waals surface area contributed by atoms with Crippen molar-refractivity contribution < 1.29 is 4.42 Å². The summed E-state index contributed by atoms with van der Waals surface area (Å²) < 4.78 is 8.72. The molecule has 194 valence electrons. The molecule has 2 heterocycles. The maximum absolute atomic E-state index is 6.33. The Balaban J connectivity index is 1.25. The van der Waals surface area contributed by atoms with Gasteiger partial charge in [0.1, 0.15) is 11.2 Å². The first-order valence-electron chi connectivity index (χ1n) is 14.4. The van der Waals surface area contributed by atoms with E-state index in [1.54, 1.807) is 0 Å². The number of hydrogen-bond acceptors (Lipinski definition) is 1. The van der Waals surface area contributed by atoms with E-state index in [0.717, 1.165) is 33.1 Å². The van der Waals surface area contributed by atoms with E-state index in [1.165, 1.54) is 59.7 Å². The summed E-state index contributed by atoms with van der Waals surface area (Å²) >= 11 is 0. The van der Waals surface area contributed by atoms with Crippen molar-refractivity contribution in [3.63, 3.8) is 0 Å². The molecule has 10 aromatic rings. The molecule has 0 aliphatic rings. The lowest BCUT2D eigenvalue weighted by molar-refractivity contribution is 0.669. The molecule has 0 radical (unpaired) electrons. The molecule has 0 aliphatic heterocycles. The zero-order valence-electron chi connectivity index (χ0n) is 22.6. The minimum atomic E-state index is 0.913. The van der Waals surface area contributed by atoms with E-state index < -0.39 is 0 Å². The van der Waals surface area contributed by atoms with Crippen LogP contribution in [0.2, 0.25) is 0 Å². The first-order chi connectivity index (χ1) is 20.8. The second kappa shape index (κ2) is 7.99. The number of aromatic nitrogens is 1. The van der Waals surface area contributed by atoms with Crippen LogP contribution < -0.4 is 0 Å². The van der Waals surface area contributed by atoms with E-state index in [9.17, 15) is 0 Å². The molecule has 0 fully saturated rings. The fourth-order valence-corrected chi connectivity index (χ4v) is 7.27. The Labute approximate surface area is 241 Å². The monoisotopic (exact) mass is 533 g/mol. The summed E-state index contributed by atoms with van der Waals surface area (Å²) in [6, 6.07) is 50.7. The van der Waals surface area contributed by atoms with E-state index >= 15 is 0 Å². The number of nitrogens with zero attached hydrogens (tertiary/aromatic N) is 1. The average Bonchev–Trinajstić information content (AvgIpc) is 3.57. The number of hydrogen-bond donors (Lipinski definition) is 0. The zero-order valence-corrected chi connectivity index (χ0v) is 22.6. The van der Waals surface area contributed by atoms with Gasteiger partial charge in [-0.15, -0.1) is 0 Å². The number of fused-ring (bicyclic) bond motifs is 6. The van der Waals surface area contributed by atoms with Gasteiger partial charge in [-0.2, -0.15) is 0 Å². The van der Waals surface area contributed by atoms with Gasteiger partial charge >= 0.3 is 0 Å². The highest BCUT2D eigenvalue weighted by molar-refractivity contribution is 6.25. The van der Waals surface area contributed by atoms with Crippen LogP contribution in [0, 0.1) is 0 Å². The molecule has 10 rings (SSSR count). The van der Waals surface area contributed by atoms with Crippen molar-refractivity contribution in [1.29, 1.82) is 0 Å². The molecule has 0 saturated carbocycles. The van der Waals surface area contributed by atoms with Gasteiger partial charge in [-0.25, -0.2) is 0 Å². The molecular formula is C40H23NO. The maximum Gasteiger partial charge on any atom is 0.137 e. The van der Waals surface area contributed by atoms with Crippen LogP contribution in [-0.2, 0) is 0 Å². The van der Waals surface area contributed by atoms with Crippen LogP contribution in [0.3, 0.4) is 0 Å². The van der Waals surface area contributed by atoms with Crippen LogP contribution in [0.5, 0.6) is 0 Å². The number of para-hydroxylation sites is 2. The smallest absolute Gasteiger partial charge is 0.137 e. The van der Waals surface area contributed by atoms with Gasteiger partial charge in [-0.05, 0) is 73.8 Å². The third-order valence-electron chi connectivity index (χ3n) is 9.12. The SMILES string of the molecule is c1cc(-c2ccc3ccc4cccc5ccc2c3c45)cc(-n2c3ccccc3c3cc4c(cc32)oc2ccccc24)c1. The predicted octanol–water partition coefficient (Wildman–Crippen LogP) is 11.2. The fourth-order valence-electron chi connectivity index (χ4n) is 7.27. The van der Waals surface area contributed by atoms with Crippen LogP contribution in [0.15, 0.2) is 144 Å². The van der Waals surface area contributed by atoms with Gasteiger partial charge in [-0.3, -0.25) is 0 Å². The van der Waals surface area contributed by atoms with E-state index in [2.05, 4.69) is 132 Å². The highest BCUT2D eigenvalue weighted by Gasteiger charge is 2.17. The van der Waals surface area contributed by atoms with Crippen LogP contribution in [0.1, 0.15) is 0 Å². The summed E-state index contributed by atoms with van der Waals surface area (Å²) in [5, 5.41) is 12.6. The van der Waals surface area contributed by atoms with E-state index in [1.807, 2.05) is 12.1 Å². The molecule has 8 aromatic carbocycles. The van der Waals surface area contributed by atoms with Crippen molar-refractivity contribution in [1.82, 2.24) is 4.57 Å². The third-order valence-corrected chi connectivity index (χ3v) is 9.12. The zero-order chi connectivity index (χ0) is 27.4. The van der Waals surface area contributed by atoms with Gasteiger partial charge in [0.25, 0.3) is 0 Å². The number of benzene rings is 8. The number of rotatable bonds is 2. The van der Waals surface area contributed by atoms with Gasteiger partial charge in [0.05, 0.1) is 11.0 Å². The Bertz CT molecular complexity index is 2670. The first-order valence-corrected chi connectivity index (χ1v) is 14.4. The highest BCUT2D eigenvalue weighted by atomic mass is 16.3. The molecule has 0 amide bonds. The van der Waals surface area contributed by atoms with Crippen molar-refractivity contribution in [3.05, 3.63) is 140 Å². The normalized spacial score (nSPS) is 12.3. The largest absolute Gasteiger partial charge is 0.456 e. The van der Waals surface area contributed by atoms with Gasteiger partial charge < -0.3 is 8.98 Å². The van der Waals surface area contributed by atoms with E-state index in [-0.39, 0.29) is 0 Å². The van der Waals surface area contributed by atoms with Crippen LogP contribution in [-0.4, -0.2) is 4.57 Å². The molecule has 0 aliphatic carbocycles. The lowest BCUT2D eigenvalue weighted by atomic mass is 9.90. The van der Waals surface area contributed by atoms with Crippen LogP contribution in [0.25, 0.3) is 92.9 Å². The molecule has 2 aromatic heterocycles. The molecule has 0 saturated heterocycles. The highest BCUT2D eigenvalue weighted by Crippen LogP contribution is 2.41. The lowest BCUT2D eigenvalue weighted by Gasteiger charge is -2.15. The minimum Gasteiger partial charge on any atom is -0.456 e. The Kier molecular flexibility index (Phi) is 4.21. The van der Waals surface area contributed by atoms with Crippen molar-refractivity contribution >= 4 is 76.1 Å².